The maximum atomic E-state index is 13.2. The van der Waals surface area contributed by atoms with Crippen LogP contribution in [0.4, 0.5) is 5.00 Å². The maximum absolute atomic E-state index is 13.2. The van der Waals surface area contributed by atoms with Crippen molar-refractivity contribution in [2.24, 2.45) is 0 Å². The summed E-state index contributed by atoms with van der Waals surface area (Å²) in [6.07, 6.45) is 0.682. The topological polar surface area (TPSA) is 120 Å². The third-order valence-electron chi connectivity index (χ3n) is 7.24. The van der Waals surface area contributed by atoms with Gasteiger partial charge in [0.2, 0.25) is 0 Å². The number of benzene rings is 2. The van der Waals surface area contributed by atoms with Gasteiger partial charge in [-0.1, -0.05) is 81.2 Å². The second kappa shape index (κ2) is 12.1. The zero-order valence-electron chi connectivity index (χ0n) is 25.5. The van der Waals surface area contributed by atoms with Gasteiger partial charge in [-0.3, -0.25) is 9.52 Å². The van der Waals surface area contributed by atoms with Gasteiger partial charge in [0, 0.05) is 17.5 Å². The Morgan fingerprint density at radius 2 is 1.68 bits per heavy atom. The molecule has 5 aromatic rings. The molecule has 0 radical (unpaired) electrons. The number of pyridine rings is 1. The Morgan fingerprint density at radius 3 is 2.30 bits per heavy atom. The minimum Gasteiger partial charge on any atom is -0.464 e. The highest BCUT2D eigenvalue weighted by Gasteiger charge is 2.28. The highest BCUT2D eigenvalue weighted by Crippen LogP contribution is 2.35. The molecule has 0 bridgehead atoms. The number of imidazole rings is 1. The number of nitrogens with zero attached hydrogens (tertiary/aromatic N) is 3. The van der Waals surface area contributed by atoms with Crippen molar-refractivity contribution in [3.63, 3.8) is 0 Å². The molecule has 228 valence electrons. The van der Waals surface area contributed by atoms with Crippen LogP contribution in [0.5, 0.6) is 0 Å². The van der Waals surface area contributed by atoms with E-state index in [2.05, 4.69) is 29.3 Å². The minimum absolute atomic E-state index is 0.106. The van der Waals surface area contributed by atoms with Crippen LogP contribution in [0.15, 0.2) is 66.7 Å². The van der Waals surface area contributed by atoms with Gasteiger partial charge >= 0.3 is 16.0 Å². The van der Waals surface area contributed by atoms with E-state index in [4.69, 9.17) is 9.72 Å². The molecule has 9 nitrogen and oxygen atoms in total. The molecule has 2 aromatic carbocycles. The number of esters is 1. The van der Waals surface area contributed by atoms with Crippen molar-refractivity contribution in [1.82, 2.24) is 14.5 Å². The fourth-order valence-electron chi connectivity index (χ4n) is 4.85. The molecular weight excluding hydrogens is 613 g/mol. The first-order valence-corrected chi connectivity index (χ1v) is 19.9. The maximum Gasteiger partial charge on any atom is 0.356 e. The van der Waals surface area contributed by atoms with Crippen LogP contribution in [0.1, 0.15) is 44.7 Å². The molecule has 0 amide bonds. The molecule has 0 unspecified atom stereocenters. The Labute approximate surface area is 262 Å². The van der Waals surface area contributed by atoms with E-state index in [-0.39, 0.29) is 11.3 Å². The van der Waals surface area contributed by atoms with Crippen LogP contribution in [0.2, 0.25) is 19.6 Å². The zero-order chi connectivity index (χ0) is 31.8. The monoisotopic (exact) mass is 646 g/mol. The molecule has 3 heterocycles. The number of rotatable bonds is 9. The van der Waals surface area contributed by atoms with Crippen LogP contribution in [0.25, 0.3) is 22.3 Å². The molecule has 0 spiro atoms. The standard InChI is InChI=1S/C32H34N4O5S2Si/c1-7-26-34-28-20(2)17-25(31(37)41-3)33-29(28)36(26)19-21-13-15-22(16-14-21)24-18-27(44(4,5)6)42-30(24)35-43(39,40)32(38)23-11-9-8-10-12-23/h8-18,35H,7,19H2,1-6H3. The number of carbonyl (C=O) groups excluding carboxylic acids is 2. The van der Waals surface area contributed by atoms with E-state index in [1.165, 1.54) is 30.6 Å². The van der Waals surface area contributed by atoms with Crippen LogP contribution in [0, 0.1) is 6.92 Å². The van der Waals surface area contributed by atoms with Gasteiger partial charge < -0.3 is 9.30 Å². The van der Waals surface area contributed by atoms with Crippen LogP contribution in [-0.4, -0.2) is 49.2 Å². The summed E-state index contributed by atoms with van der Waals surface area (Å²) in [6.45, 7) is 11.0. The molecule has 0 atom stereocenters. The van der Waals surface area contributed by atoms with E-state index in [1.54, 1.807) is 24.3 Å². The number of fused-ring (bicyclic) bond motifs is 1. The lowest BCUT2D eigenvalue weighted by Crippen LogP contribution is -2.34. The van der Waals surface area contributed by atoms with Crippen LogP contribution in [0.3, 0.4) is 0 Å². The fraction of sp³-hybridized carbons (Fsp3) is 0.250. The summed E-state index contributed by atoms with van der Waals surface area (Å²) in [5.41, 5.74) is 5.07. The molecule has 3 aromatic heterocycles. The van der Waals surface area contributed by atoms with Crippen molar-refractivity contribution < 1.29 is 22.7 Å². The molecular formula is C32H34N4O5S2Si. The first kappa shape index (κ1) is 31.3. The Bertz CT molecular complexity index is 1980. The number of hydrogen-bond acceptors (Lipinski definition) is 8. The molecule has 0 aliphatic rings. The molecule has 0 saturated heterocycles. The normalized spacial score (nSPS) is 12.0. The molecule has 12 heteroatoms. The van der Waals surface area contributed by atoms with Gasteiger partial charge in [0.15, 0.2) is 11.3 Å². The molecule has 1 N–H and O–H groups in total. The highest BCUT2D eigenvalue weighted by atomic mass is 32.2. The number of carbonyl (C=O) groups is 2. The number of thiophene rings is 1. The average molecular weight is 647 g/mol. The number of nitrogens with one attached hydrogen (secondary N) is 1. The smallest absolute Gasteiger partial charge is 0.356 e. The molecule has 0 saturated carbocycles. The lowest BCUT2D eigenvalue weighted by molar-refractivity contribution is 0.0594. The number of aromatic nitrogens is 3. The first-order valence-electron chi connectivity index (χ1n) is 14.1. The summed E-state index contributed by atoms with van der Waals surface area (Å²) >= 11 is 1.38. The second-order valence-corrected chi connectivity index (χ2v) is 19.6. The van der Waals surface area contributed by atoms with Gasteiger partial charge in [0.05, 0.1) is 21.7 Å². The highest BCUT2D eigenvalue weighted by molar-refractivity contribution is 8.07. The lowest BCUT2D eigenvalue weighted by atomic mass is 10.1. The van der Waals surface area contributed by atoms with E-state index in [0.29, 0.717) is 23.6 Å². The second-order valence-electron chi connectivity index (χ2n) is 11.5. The quantitative estimate of drug-likeness (QED) is 0.154. The van der Waals surface area contributed by atoms with E-state index >= 15 is 0 Å². The van der Waals surface area contributed by atoms with E-state index < -0.39 is 29.2 Å². The third-order valence-corrected chi connectivity index (χ3v) is 13.2. The summed E-state index contributed by atoms with van der Waals surface area (Å²) in [4.78, 5) is 34.5. The number of hydrogen-bond donors (Lipinski definition) is 1. The molecule has 0 fully saturated rings. The minimum atomic E-state index is -4.33. The van der Waals surface area contributed by atoms with Crippen molar-refractivity contribution in [3.8, 4) is 11.1 Å². The van der Waals surface area contributed by atoms with E-state index in [9.17, 15) is 18.0 Å². The van der Waals surface area contributed by atoms with Gasteiger partial charge in [-0.05, 0) is 40.2 Å². The Kier molecular flexibility index (Phi) is 8.61. The molecule has 0 aliphatic carbocycles. The third kappa shape index (κ3) is 6.23. The SMILES string of the molecule is CCc1nc2c(C)cc(C(=O)OC)nc2n1Cc1ccc(-c2cc([Si](C)(C)C)sc2NS(=O)(=O)C(=O)c2ccccc2)cc1. The van der Waals surface area contributed by atoms with Crippen molar-refractivity contribution >= 4 is 61.2 Å². The summed E-state index contributed by atoms with van der Waals surface area (Å²) in [5, 5.41) is -0.552. The van der Waals surface area contributed by atoms with Crippen molar-refractivity contribution in [1.29, 1.82) is 0 Å². The number of aryl methyl sites for hydroxylation is 2. The molecule has 0 aliphatic heterocycles. The molecule has 5 rings (SSSR count). The summed E-state index contributed by atoms with van der Waals surface area (Å²) < 4.78 is 36.9. The number of anilines is 1. The van der Waals surface area contributed by atoms with E-state index in [1.807, 2.05) is 48.7 Å². The Balaban J connectivity index is 1.49. The fourth-order valence-corrected chi connectivity index (χ4v) is 9.03. The summed E-state index contributed by atoms with van der Waals surface area (Å²) in [5.74, 6) is 0.342. The van der Waals surface area contributed by atoms with Gasteiger partial charge in [-0.15, -0.1) is 11.3 Å². The van der Waals surface area contributed by atoms with Crippen LogP contribution in [-0.2, 0) is 27.7 Å². The van der Waals surface area contributed by atoms with Gasteiger partial charge in [0.1, 0.15) is 16.3 Å². The van der Waals surface area contributed by atoms with E-state index in [0.717, 1.165) is 38.1 Å². The zero-order valence-corrected chi connectivity index (χ0v) is 28.1. The molecule has 44 heavy (non-hydrogen) atoms. The van der Waals surface area contributed by atoms with Crippen LogP contribution < -0.4 is 9.22 Å². The van der Waals surface area contributed by atoms with Gasteiger partial charge in [-0.2, -0.15) is 8.42 Å². The predicted octanol–water partition coefficient (Wildman–Crippen LogP) is 5.99. The first-order chi connectivity index (χ1) is 20.8. The van der Waals surface area contributed by atoms with Crippen molar-refractivity contribution in [2.45, 2.75) is 46.5 Å². The lowest BCUT2D eigenvalue weighted by Gasteiger charge is -2.12. The average Bonchev–Trinajstić information content (AvgIpc) is 3.58. The van der Waals surface area contributed by atoms with Crippen molar-refractivity contribution in [2.75, 3.05) is 11.8 Å². The number of methoxy groups -OCH3 is 1. The number of ether oxygens (including phenoxy) is 1. The largest absolute Gasteiger partial charge is 0.464 e. The summed E-state index contributed by atoms with van der Waals surface area (Å²) in [6, 6.07) is 19.6. The predicted molar refractivity (Wildman–Crippen MR) is 178 cm³/mol. The Hall–Kier alpha value is -4.13. The Morgan fingerprint density at radius 1 is 1.00 bits per heavy atom. The van der Waals surface area contributed by atoms with Gasteiger partial charge in [0.25, 0.3) is 5.12 Å². The van der Waals surface area contributed by atoms with Crippen molar-refractivity contribution in [3.05, 3.63) is 94.9 Å². The summed E-state index contributed by atoms with van der Waals surface area (Å²) in [7, 11) is -4.80. The number of sulfonamides is 1. The van der Waals surface area contributed by atoms with Gasteiger partial charge in [-0.25, -0.2) is 14.8 Å². The van der Waals surface area contributed by atoms with Crippen LogP contribution >= 0.6 is 11.3 Å².